The fourth-order valence-corrected chi connectivity index (χ4v) is 3.07. The molecule has 3 heteroatoms. The molecule has 1 aromatic heterocycles. The number of rotatable bonds is 1. The summed E-state index contributed by atoms with van der Waals surface area (Å²) in [6, 6.07) is 13.9. The van der Waals surface area contributed by atoms with E-state index in [1.165, 1.54) is 10.1 Å². The van der Waals surface area contributed by atoms with Gasteiger partial charge in [-0.15, -0.1) is 11.3 Å². The van der Waals surface area contributed by atoms with E-state index in [-0.39, 0.29) is 0 Å². The van der Waals surface area contributed by atoms with Crippen LogP contribution in [0.2, 0.25) is 5.02 Å². The van der Waals surface area contributed by atoms with Crippen molar-refractivity contribution in [3.05, 3.63) is 52.9 Å². The first-order valence-electron chi connectivity index (χ1n) is 5.27. The Labute approximate surface area is 108 Å². The zero-order valence-corrected chi connectivity index (χ0v) is 10.6. The van der Waals surface area contributed by atoms with Crippen LogP contribution >= 0.6 is 22.9 Å². The highest BCUT2D eigenvalue weighted by atomic mass is 35.5. The summed E-state index contributed by atoms with van der Waals surface area (Å²) >= 11 is 7.76. The standard InChI is InChI=1S/C14H10ClNS/c15-10-4-5-13(16)12(8-10)11-3-1-2-9-6-7-17-14(9)11/h1-8H,16H2. The Morgan fingerprint density at radius 1 is 1.00 bits per heavy atom. The second-order valence-electron chi connectivity index (χ2n) is 3.88. The highest BCUT2D eigenvalue weighted by Gasteiger charge is 2.08. The van der Waals surface area contributed by atoms with Crippen molar-refractivity contribution in [1.29, 1.82) is 0 Å². The van der Waals surface area contributed by atoms with Gasteiger partial charge in [0.1, 0.15) is 0 Å². The van der Waals surface area contributed by atoms with E-state index in [9.17, 15) is 0 Å². The van der Waals surface area contributed by atoms with Gasteiger partial charge >= 0.3 is 0 Å². The van der Waals surface area contributed by atoms with Gasteiger partial charge in [0.25, 0.3) is 0 Å². The molecule has 3 rings (SSSR count). The van der Waals surface area contributed by atoms with Crippen molar-refractivity contribution < 1.29 is 0 Å². The van der Waals surface area contributed by atoms with Crippen LogP contribution in [0.5, 0.6) is 0 Å². The molecule has 2 aromatic carbocycles. The molecule has 0 saturated heterocycles. The summed E-state index contributed by atoms with van der Waals surface area (Å²) in [6.45, 7) is 0. The summed E-state index contributed by atoms with van der Waals surface area (Å²) in [7, 11) is 0. The van der Waals surface area contributed by atoms with Crippen LogP contribution in [-0.2, 0) is 0 Å². The van der Waals surface area contributed by atoms with Gasteiger partial charge in [-0.3, -0.25) is 0 Å². The molecule has 0 atom stereocenters. The lowest BCUT2D eigenvalue weighted by Gasteiger charge is -2.07. The summed E-state index contributed by atoms with van der Waals surface area (Å²) in [4.78, 5) is 0. The Hall–Kier alpha value is -1.51. The molecule has 0 radical (unpaired) electrons. The van der Waals surface area contributed by atoms with E-state index in [0.29, 0.717) is 5.02 Å². The fraction of sp³-hybridized carbons (Fsp3) is 0. The van der Waals surface area contributed by atoms with E-state index in [0.717, 1.165) is 16.8 Å². The molecule has 84 valence electrons. The van der Waals surface area contributed by atoms with Gasteiger partial charge in [0.05, 0.1) is 0 Å². The van der Waals surface area contributed by atoms with Gasteiger partial charge in [0.15, 0.2) is 0 Å². The van der Waals surface area contributed by atoms with Crippen molar-refractivity contribution in [2.45, 2.75) is 0 Å². The Balaban J connectivity index is 2.34. The largest absolute Gasteiger partial charge is 0.398 e. The molecule has 0 fully saturated rings. The van der Waals surface area contributed by atoms with Crippen molar-refractivity contribution in [1.82, 2.24) is 0 Å². The van der Waals surface area contributed by atoms with Gasteiger partial charge in [-0.25, -0.2) is 0 Å². The first kappa shape index (κ1) is 10.6. The SMILES string of the molecule is Nc1ccc(Cl)cc1-c1cccc2ccsc12. The topological polar surface area (TPSA) is 26.0 Å². The van der Waals surface area contributed by atoms with Crippen molar-refractivity contribution in [2.75, 3.05) is 5.73 Å². The molecule has 0 saturated carbocycles. The Bertz CT molecular complexity index is 688. The Morgan fingerprint density at radius 3 is 2.76 bits per heavy atom. The molecule has 1 heterocycles. The van der Waals surface area contributed by atoms with Gasteiger partial charge in [0.2, 0.25) is 0 Å². The molecule has 0 aliphatic carbocycles. The smallest absolute Gasteiger partial charge is 0.0421 e. The number of nitrogens with two attached hydrogens (primary N) is 1. The number of hydrogen-bond donors (Lipinski definition) is 1. The third kappa shape index (κ3) is 1.79. The summed E-state index contributed by atoms with van der Waals surface area (Å²) < 4.78 is 1.25. The molecule has 2 N–H and O–H groups in total. The van der Waals surface area contributed by atoms with Crippen LogP contribution in [0.25, 0.3) is 21.2 Å². The van der Waals surface area contributed by atoms with Gasteiger partial charge in [0, 0.05) is 26.5 Å². The van der Waals surface area contributed by atoms with Crippen molar-refractivity contribution in [3.8, 4) is 11.1 Å². The fourth-order valence-electron chi connectivity index (χ4n) is 1.97. The molecular weight excluding hydrogens is 250 g/mol. The predicted octanol–water partition coefficient (Wildman–Crippen LogP) is 4.80. The zero-order chi connectivity index (χ0) is 11.8. The number of nitrogen functional groups attached to an aromatic ring is 1. The number of fused-ring (bicyclic) bond motifs is 1. The van der Waals surface area contributed by atoms with Gasteiger partial charge in [-0.1, -0.05) is 29.8 Å². The molecule has 17 heavy (non-hydrogen) atoms. The molecule has 0 bridgehead atoms. The first-order chi connectivity index (χ1) is 8.25. The van der Waals surface area contributed by atoms with E-state index >= 15 is 0 Å². The molecule has 0 spiro atoms. The van der Waals surface area contributed by atoms with Crippen molar-refractivity contribution in [2.24, 2.45) is 0 Å². The summed E-state index contributed by atoms with van der Waals surface area (Å²) in [5.74, 6) is 0. The van der Waals surface area contributed by atoms with Crippen LogP contribution in [0, 0.1) is 0 Å². The third-order valence-corrected chi connectivity index (χ3v) is 3.98. The van der Waals surface area contributed by atoms with Gasteiger partial charge < -0.3 is 5.73 Å². The minimum Gasteiger partial charge on any atom is -0.398 e. The highest BCUT2D eigenvalue weighted by molar-refractivity contribution is 7.17. The Kier molecular flexibility index (Phi) is 2.54. The average molecular weight is 260 g/mol. The van der Waals surface area contributed by atoms with Crippen molar-refractivity contribution >= 4 is 38.7 Å². The number of anilines is 1. The average Bonchev–Trinajstić information content (AvgIpc) is 2.80. The lowest BCUT2D eigenvalue weighted by atomic mass is 10.0. The molecule has 3 aromatic rings. The van der Waals surface area contributed by atoms with E-state index in [1.54, 1.807) is 11.3 Å². The van der Waals surface area contributed by atoms with Crippen LogP contribution in [-0.4, -0.2) is 0 Å². The normalized spacial score (nSPS) is 10.9. The maximum atomic E-state index is 6.04. The molecule has 0 aliphatic heterocycles. The monoisotopic (exact) mass is 259 g/mol. The number of thiophene rings is 1. The molecule has 1 nitrogen and oxygen atoms in total. The lowest BCUT2D eigenvalue weighted by Crippen LogP contribution is -1.89. The minimum absolute atomic E-state index is 0.711. The van der Waals surface area contributed by atoms with Crippen LogP contribution in [0.4, 0.5) is 5.69 Å². The molecular formula is C14H10ClNS. The minimum atomic E-state index is 0.711. The quantitative estimate of drug-likeness (QED) is 0.624. The maximum absolute atomic E-state index is 6.04. The Morgan fingerprint density at radius 2 is 1.88 bits per heavy atom. The number of benzene rings is 2. The maximum Gasteiger partial charge on any atom is 0.0421 e. The summed E-state index contributed by atoms with van der Waals surface area (Å²) in [5.41, 5.74) is 8.94. The van der Waals surface area contributed by atoms with E-state index in [4.69, 9.17) is 17.3 Å². The lowest BCUT2D eigenvalue weighted by molar-refractivity contribution is 1.65. The molecule has 0 unspecified atom stereocenters. The molecule has 0 aliphatic rings. The van der Waals surface area contributed by atoms with Gasteiger partial charge in [-0.05, 0) is 35.0 Å². The molecule has 0 amide bonds. The van der Waals surface area contributed by atoms with Gasteiger partial charge in [-0.2, -0.15) is 0 Å². The summed E-state index contributed by atoms with van der Waals surface area (Å²) in [6.07, 6.45) is 0. The zero-order valence-electron chi connectivity index (χ0n) is 8.98. The second-order valence-corrected chi connectivity index (χ2v) is 5.23. The first-order valence-corrected chi connectivity index (χ1v) is 6.53. The van der Waals surface area contributed by atoms with Crippen LogP contribution in [0.15, 0.2) is 47.8 Å². The third-order valence-electron chi connectivity index (χ3n) is 2.78. The highest BCUT2D eigenvalue weighted by Crippen LogP contribution is 2.36. The van der Waals surface area contributed by atoms with E-state index < -0.39 is 0 Å². The van der Waals surface area contributed by atoms with Crippen LogP contribution in [0.1, 0.15) is 0 Å². The van der Waals surface area contributed by atoms with Crippen LogP contribution in [0.3, 0.4) is 0 Å². The number of hydrogen-bond acceptors (Lipinski definition) is 2. The summed E-state index contributed by atoms with van der Waals surface area (Å²) in [5, 5.41) is 4.05. The van der Waals surface area contributed by atoms with E-state index in [2.05, 4.69) is 23.6 Å². The number of halogens is 1. The second kappa shape index (κ2) is 4.06. The van der Waals surface area contributed by atoms with E-state index in [1.807, 2.05) is 24.3 Å². The van der Waals surface area contributed by atoms with Crippen LogP contribution < -0.4 is 5.73 Å². The van der Waals surface area contributed by atoms with Crippen molar-refractivity contribution in [3.63, 3.8) is 0 Å². The predicted molar refractivity (Wildman–Crippen MR) is 76.7 cm³/mol.